The predicted octanol–water partition coefficient (Wildman–Crippen LogP) is -13.0. The lowest BCUT2D eigenvalue weighted by Crippen LogP contribution is -2.61. The smallest absolute Gasteiger partial charge is 0.245 e. The Labute approximate surface area is 306 Å². The van der Waals surface area contributed by atoms with Crippen LogP contribution in [0.3, 0.4) is 0 Å². The van der Waals surface area contributed by atoms with Gasteiger partial charge in [-0.2, -0.15) is 0 Å². The van der Waals surface area contributed by atoms with Crippen LogP contribution in [0.4, 0.5) is 0 Å². The highest BCUT2D eigenvalue weighted by atomic mass is 16.4. The van der Waals surface area contributed by atoms with Gasteiger partial charge < -0.3 is 93.4 Å². The highest BCUT2D eigenvalue weighted by Crippen LogP contribution is 2.04. The molecule has 0 aromatic rings. The van der Waals surface area contributed by atoms with Crippen molar-refractivity contribution in [3.63, 3.8) is 0 Å². The van der Waals surface area contributed by atoms with Crippen LogP contribution in [-0.4, -0.2) is 133 Å². The van der Waals surface area contributed by atoms with Crippen molar-refractivity contribution in [2.24, 2.45) is 5.73 Å². The number of likely N-dealkylation sites (N-methyl/N-ethyl adjacent to an activating group) is 1. The number of nitrogens with two attached hydrogens (primary N) is 1. The number of carboxylic acids is 4. The number of unbranched alkanes of at least 4 members (excludes halogenated alkanes) is 1. The first-order valence-corrected chi connectivity index (χ1v) is 16.1. The fourth-order valence-electron chi connectivity index (χ4n) is 4.39. The SMILES string of the molecule is CN[C@@H](CC(=O)[O-])C(=O)NC(CC(=O)[O-])C(=O)N[C@@H](C)C(=O)NC(CC(=O)[O-])C(=O)N[C@@H](CO)C(=O)NC(CC(=O)[O-])C(=O)N[C@@H](CCCC[NH3+])C(N)=O. The van der Waals surface area contributed by atoms with E-state index in [1.807, 2.05) is 26.6 Å². The minimum absolute atomic E-state index is 0.0481. The molecule has 0 heterocycles. The number of carbonyl (C=O) groups is 11. The molecule has 304 valence electrons. The van der Waals surface area contributed by atoms with Crippen molar-refractivity contribution in [2.45, 2.75) is 94.2 Å². The van der Waals surface area contributed by atoms with E-state index in [1.165, 1.54) is 7.05 Å². The summed E-state index contributed by atoms with van der Waals surface area (Å²) in [6.07, 6.45) is -3.42. The number of hydrogen-bond acceptors (Lipinski definition) is 17. The molecule has 0 spiro atoms. The third-order valence-corrected chi connectivity index (χ3v) is 7.27. The fourth-order valence-corrected chi connectivity index (χ4v) is 4.39. The van der Waals surface area contributed by atoms with Crippen molar-refractivity contribution in [3.8, 4) is 0 Å². The molecule has 0 aliphatic heterocycles. The molecule has 0 aromatic heterocycles. The Morgan fingerprint density at radius 1 is 0.537 bits per heavy atom. The lowest BCUT2D eigenvalue weighted by atomic mass is 10.1. The summed E-state index contributed by atoms with van der Waals surface area (Å²) < 4.78 is 0. The minimum atomic E-state index is -2.08. The van der Waals surface area contributed by atoms with E-state index in [9.17, 15) is 78.3 Å². The summed E-state index contributed by atoms with van der Waals surface area (Å²) >= 11 is 0. The first kappa shape index (κ1) is 48.0. The van der Waals surface area contributed by atoms with E-state index < -0.39 is 140 Å². The summed E-state index contributed by atoms with van der Waals surface area (Å²) in [5.41, 5.74) is 8.92. The molecule has 0 fully saturated rings. The summed E-state index contributed by atoms with van der Waals surface area (Å²) in [5.74, 6) is -16.0. The summed E-state index contributed by atoms with van der Waals surface area (Å²) in [7, 11) is 1.19. The molecular weight excluding hydrogens is 730 g/mol. The fraction of sp³-hybridized carbons (Fsp3) is 0.621. The van der Waals surface area contributed by atoms with Crippen molar-refractivity contribution in [1.82, 2.24) is 37.2 Å². The van der Waals surface area contributed by atoms with Gasteiger partial charge in [-0.3, -0.25) is 33.6 Å². The van der Waals surface area contributed by atoms with Crippen molar-refractivity contribution in [2.75, 3.05) is 20.2 Å². The van der Waals surface area contributed by atoms with E-state index in [-0.39, 0.29) is 6.42 Å². The second-order valence-electron chi connectivity index (χ2n) is 11.6. The van der Waals surface area contributed by atoms with Gasteiger partial charge in [0.25, 0.3) is 0 Å². The number of aliphatic carboxylic acids is 4. The maximum atomic E-state index is 13.0. The quantitative estimate of drug-likeness (QED) is 0.0346. The zero-order valence-corrected chi connectivity index (χ0v) is 29.3. The van der Waals surface area contributed by atoms with E-state index in [0.29, 0.717) is 19.4 Å². The Morgan fingerprint density at radius 2 is 0.870 bits per heavy atom. The third-order valence-electron chi connectivity index (χ3n) is 7.27. The Balaban J connectivity index is 5.86. The molecule has 25 nitrogen and oxygen atoms in total. The highest BCUT2D eigenvalue weighted by molar-refractivity contribution is 5.99. The molecule has 0 aromatic carbocycles. The van der Waals surface area contributed by atoms with Crippen molar-refractivity contribution < 1.29 is 84.0 Å². The van der Waals surface area contributed by atoms with E-state index in [4.69, 9.17) is 5.73 Å². The van der Waals surface area contributed by atoms with Gasteiger partial charge in [0.2, 0.25) is 41.4 Å². The second kappa shape index (κ2) is 24.3. The number of nitrogens with one attached hydrogen (secondary N) is 7. The number of hydrogen-bond donors (Lipinski definition) is 10. The van der Waals surface area contributed by atoms with Crippen LogP contribution >= 0.6 is 0 Å². The predicted molar refractivity (Wildman–Crippen MR) is 166 cm³/mol. The molecule has 0 rings (SSSR count). The van der Waals surface area contributed by atoms with Crippen LogP contribution in [-0.2, 0) is 52.7 Å². The topological polar surface area (TPSA) is 438 Å². The second-order valence-corrected chi connectivity index (χ2v) is 11.6. The zero-order valence-electron chi connectivity index (χ0n) is 29.3. The maximum absolute atomic E-state index is 13.0. The number of primary amides is 1. The number of quaternary nitrogens is 1. The lowest BCUT2D eigenvalue weighted by molar-refractivity contribution is -0.368. The summed E-state index contributed by atoms with van der Waals surface area (Å²) in [4.78, 5) is 133. The third kappa shape index (κ3) is 18.5. The Morgan fingerprint density at radius 3 is 1.24 bits per heavy atom. The van der Waals surface area contributed by atoms with Crippen LogP contribution in [0.5, 0.6) is 0 Å². The van der Waals surface area contributed by atoms with Gasteiger partial charge in [0.05, 0.1) is 19.2 Å². The Hall–Kier alpha value is -5.95. The molecule has 3 unspecified atom stereocenters. The molecule has 25 heteroatoms. The van der Waals surface area contributed by atoms with Gasteiger partial charge in [-0.05, 0) is 33.2 Å². The van der Waals surface area contributed by atoms with Crippen LogP contribution in [0.15, 0.2) is 0 Å². The number of aliphatic hydroxyl groups excluding tert-OH is 1. The normalized spacial score (nSPS) is 14.6. The average Bonchev–Trinajstić information content (AvgIpc) is 3.06. The summed E-state index contributed by atoms with van der Waals surface area (Å²) in [6.45, 7) is 0.263. The van der Waals surface area contributed by atoms with Crippen LogP contribution < -0.4 is 69.1 Å². The lowest BCUT2D eigenvalue weighted by Gasteiger charge is -2.27. The molecular formula is C29H44N9O16-3. The van der Waals surface area contributed by atoms with Gasteiger partial charge in [0.15, 0.2) is 0 Å². The average molecular weight is 775 g/mol. The maximum Gasteiger partial charge on any atom is 0.245 e. The molecule has 0 saturated carbocycles. The molecule has 0 aliphatic rings. The number of aliphatic hydroxyl groups is 1. The van der Waals surface area contributed by atoms with Gasteiger partial charge in [0, 0.05) is 49.6 Å². The van der Waals surface area contributed by atoms with Crippen molar-refractivity contribution >= 4 is 65.2 Å². The Kier molecular flexibility index (Phi) is 21.6. The van der Waals surface area contributed by atoms with E-state index >= 15 is 0 Å². The molecule has 13 N–H and O–H groups in total. The molecule has 7 amide bonds. The number of rotatable bonds is 27. The first-order valence-electron chi connectivity index (χ1n) is 16.1. The number of carbonyl (C=O) groups excluding carboxylic acids is 11. The van der Waals surface area contributed by atoms with E-state index in [2.05, 4.69) is 16.4 Å². The molecule has 0 saturated heterocycles. The van der Waals surface area contributed by atoms with Gasteiger partial charge in [0.1, 0.15) is 36.3 Å². The summed E-state index contributed by atoms with van der Waals surface area (Å²) in [5, 5.41) is 68.8. The van der Waals surface area contributed by atoms with Crippen LogP contribution in [0.2, 0.25) is 0 Å². The van der Waals surface area contributed by atoms with E-state index in [0.717, 1.165) is 6.92 Å². The molecule has 0 bridgehead atoms. The largest absolute Gasteiger partial charge is 0.550 e. The van der Waals surface area contributed by atoms with Crippen molar-refractivity contribution in [3.05, 3.63) is 0 Å². The number of carboxylic acid groups (broad SMARTS) is 4. The van der Waals surface area contributed by atoms with Gasteiger partial charge in [-0.25, -0.2) is 0 Å². The monoisotopic (exact) mass is 774 g/mol. The summed E-state index contributed by atoms with van der Waals surface area (Å²) in [6, 6.07) is -12.4. The van der Waals surface area contributed by atoms with E-state index in [1.54, 1.807) is 0 Å². The van der Waals surface area contributed by atoms with Crippen LogP contribution in [0.25, 0.3) is 0 Å². The van der Waals surface area contributed by atoms with Crippen LogP contribution in [0.1, 0.15) is 51.9 Å². The minimum Gasteiger partial charge on any atom is -0.550 e. The zero-order chi connectivity index (χ0) is 41.7. The molecule has 0 aliphatic carbocycles. The highest BCUT2D eigenvalue weighted by Gasteiger charge is 2.33. The molecule has 0 radical (unpaired) electrons. The van der Waals surface area contributed by atoms with Gasteiger partial charge in [-0.1, -0.05) is 0 Å². The van der Waals surface area contributed by atoms with Crippen molar-refractivity contribution in [1.29, 1.82) is 0 Å². The molecule has 7 atom stereocenters. The van der Waals surface area contributed by atoms with Crippen LogP contribution in [0, 0.1) is 0 Å². The number of amides is 7. The molecule has 54 heavy (non-hydrogen) atoms. The Bertz CT molecular complexity index is 1410. The van der Waals surface area contributed by atoms with Gasteiger partial charge in [-0.15, -0.1) is 0 Å². The van der Waals surface area contributed by atoms with Gasteiger partial charge >= 0.3 is 0 Å². The first-order chi connectivity index (χ1) is 25.2. The standard InChI is InChI=1S/C29H47N9O16/c1-12(33-26(51)15(8-20(42)43)36-25(50)14(32-2)7-19(40)41)24(49)35-16(9-21(44)45)28(53)38-18(11-39)29(54)37-17(10-22(46)47)27(52)34-13(23(31)48)5-3-4-6-30/h12-18,32,39H,3-11,30H2,1-2H3,(H2,31,48)(H,33,51)(H,34,52)(H,35,49)(H,36,50)(H,37,54)(H,38,53)(H,40,41)(H,42,43)(H,44,45)(H,46,47)/p-3/t12-,13-,14-,15?,16?,17?,18-/m0/s1.